The summed E-state index contributed by atoms with van der Waals surface area (Å²) in [4.78, 5) is 15.5. The van der Waals surface area contributed by atoms with Crippen LogP contribution in [0.5, 0.6) is 16.7 Å². The van der Waals surface area contributed by atoms with Crippen LogP contribution in [0.2, 0.25) is 0 Å². The highest BCUT2D eigenvalue weighted by Crippen LogP contribution is 2.28. The number of aromatic carboxylic acids is 1. The van der Waals surface area contributed by atoms with Crippen molar-refractivity contribution >= 4 is 17.5 Å². The number of aromatic nitrogens is 2. The highest BCUT2D eigenvalue weighted by Gasteiger charge is 2.12. The Morgan fingerprint density at radius 3 is 2.84 bits per heavy atom. The van der Waals surface area contributed by atoms with Crippen molar-refractivity contribution in [2.75, 3.05) is 7.11 Å². The van der Waals surface area contributed by atoms with Crippen molar-refractivity contribution in [3.63, 3.8) is 0 Å². The summed E-state index contributed by atoms with van der Waals surface area (Å²) < 4.78 is 15.2. The summed E-state index contributed by atoms with van der Waals surface area (Å²) in [6, 6.07) is 12.4. The molecule has 1 N–H and O–H groups in total. The first-order valence-corrected chi connectivity index (χ1v) is 8.30. The predicted molar refractivity (Wildman–Crippen MR) is 93.9 cm³/mol. The second-order valence-corrected chi connectivity index (χ2v) is 6.11. The minimum atomic E-state index is -0.999. The highest BCUT2D eigenvalue weighted by atomic mass is 32.1. The second kappa shape index (κ2) is 7.31. The molecule has 0 fully saturated rings. The van der Waals surface area contributed by atoms with Gasteiger partial charge in [0.05, 0.1) is 12.7 Å². The van der Waals surface area contributed by atoms with Gasteiger partial charge in [0.15, 0.2) is 5.82 Å². The van der Waals surface area contributed by atoms with Crippen LogP contribution < -0.4 is 9.47 Å². The van der Waals surface area contributed by atoms with E-state index in [4.69, 9.17) is 14.6 Å². The van der Waals surface area contributed by atoms with E-state index < -0.39 is 5.97 Å². The van der Waals surface area contributed by atoms with Gasteiger partial charge in [-0.05, 0) is 42.3 Å². The quantitative estimate of drug-likeness (QED) is 0.720. The average Bonchev–Trinajstić information content (AvgIpc) is 3.03. The number of benzene rings is 2. The Morgan fingerprint density at radius 2 is 2.08 bits per heavy atom. The topological polar surface area (TPSA) is 81.5 Å². The molecule has 2 aromatic carbocycles. The molecule has 3 aromatic rings. The zero-order chi connectivity index (χ0) is 17.8. The molecule has 7 heteroatoms. The van der Waals surface area contributed by atoms with Gasteiger partial charge in [-0.2, -0.15) is 9.36 Å². The maximum atomic E-state index is 11.1. The van der Waals surface area contributed by atoms with Crippen molar-refractivity contribution in [2.45, 2.75) is 13.3 Å². The lowest BCUT2D eigenvalue weighted by atomic mass is 10.1. The molecule has 1 aromatic heterocycles. The Hall–Kier alpha value is -2.93. The van der Waals surface area contributed by atoms with Crippen molar-refractivity contribution in [3.8, 4) is 16.7 Å². The van der Waals surface area contributed by atoms with Gasteiger partial charge in [-0.15, -0.1) is 0 Å². The molecule has 0 aliphatic carbocycles. The number of ether oxygens (including phenoxy) is 2. The molecule has 0 unspecified atom stereocenters. The van der Waals surface area contributed by atoms with Crippen LogP contribution in [0.4, 0.5) is 0 Å². The molecule has 0 bridgehead atoms. The second-order valence-electron chi connectivity index (χ2n) is 5.39. The maximum Gasteiger partial charge on any atom is 0.335 e. The number of methoxy groups -OCH3 is 1. The summed E-state index contributed by atoms with van der Waals surface area (Å²) in [5.41, 5.74) is 2.03. The van der Waals surface area contributed by atoms with Crippen LogP contribution in [0.3, 0.4) is 0 Å². The molecule has 25 heavy (non-hydrogen) atoms. The number of aryl methyl sites for hydroxylation is 1. The van der Waals surface area contributed by atoms with Gasteiger partial charge in [0.25, 0.3) is 5.19 Å². The third-order valence-corrected chi connectivity index (χ3v) is 4.21. The minimum Gasteiger partial charge on any atom is -0.497 e. The van der Waals surface area contributed by atoms with Gasteiger partial charge in [-0.25, -0.2) is 4.79 Å². The number of nitrogens with zero attached hydrogens (tertiary/aromatic N) is 2. The van der Waals surface area contributed by atoms with Crippen LogP contribution in [0.15, 0.2) is 42.5 Å². The fourth-order valence-corrected chi connectivity index (χ4v) is 2.82. The first kappa shape index (κ1) is 16.9. The van der Waals surface area contributed by atoms with E-state index in [1.807, 2.05) is 31.2 Å². The molecule has 6 nitrogen and oxygen atoms in total. The van der Waals surface area contributed by atoms with E-state index in [1.165, 1.54) is 6.07 Å². The molecule has 0 aliphatic rings. The molecule has 0 saturated carbocycles. The molecule has 0 aliphatic heterocycles. The van der Waals surface area contributed by atoms with Gasteiger partial charge in [0, 0.05) is 18.0 Å². The Kier molecular flexibility index (Phi) is 4.95. The molecular formula is C18H16N2O4S. The summed E-state index contributed by atoms with van der Waals surface area (Å²) in [6.07, 6.45) is 0.561. The highest BCUT2D eigenvalue weighted by molar-refractivity contribution is 7.07. The van der Waals surface area contributed by atoms with Crippen molar-refractivity contribution in [2.24, 2.45) is 0 Å². The van der Waals surface area contributed by atoms with Gasteiger partial charge in [0.1, 0.15) is 11.5 Å². The lowest BCUT2D eigenvalue weighted by Gasteiger charge is -2.06. The zero-order valence-electron chi connectivity index (χ0n) is 13.7. The van der Waals surface area contributed by atoms with Crippen molar-refractivity contribution in [1.29, 1.82) is 0 Å². The molecule has 128 valence electrons. The minimum absolute atomic E-state index is 0.168. The average molecular weight is 356 g/mol. The van der Waals surface area contributed by atoms with E-state index in [0.717, 1.165) is 28.4 Å². The fraction of sp³-hybridized carbons (Fsp3) is 0.167. The fourth-order valence-electron chi connectivity index (χ4n) is 2.25. The lowest BCUT2D eigenvalue weighted by molar-refractivity contribution is 0.0696. The van der Waals surface area contributed by atoms with E-state index in [0.29, 0.717) is 23.2 Å². The Labute approximate surface area is 148 Å². The van der Waals surface area contributed by atoms with E-state index >= 15 is 0 Å². The van der Waals surface area contributed by atoms with E-state index in [1.54, 1.807) is 19.2 Å². The number of rotatable bonds is 6. The molecule has 0 saturated heterocycles. The zero-order valence-corrected chi connectivity index (χ0v) is 14.5. The normalized spacial score (nSPS) is 10.5. The maximum absolute atomic E-state index is 11.1. The molecule has 3 rings (SSSR count). The first-order chi connectivity index (χ1) is 12.0. The van der Waals surface area contributed by atoms with Crippen LogP contribution in [-0.2, 0) is 6.42 Å². The summed E-state index contributed by atoms with van der Waals surface area (Å²) in [5, 5.41) is 9.46. The number of carboxylic acids is 1. The largest absolute Gasteiger partial charge is 0.497 e. The standard InChI is InChI=1S/C18H16N2O4S/c1-11-6-7-13(17(21)22)10-15(11)24-18-19-16(20-25-18)9-12-4-3-5-14(8-12)23-2/h3-8,10H,9H2,1-2H3,(H,21,22). The molecule has 1 heterocycles. The smallest absolute Gasteiger partial charge is 0.335 e. The van der Waals surface area contributed by atoms with Gasteiger partial charge in [0.2, 0.25) is 0 Å². The van der Waals surface area contributed by atoms with Crippen LogP contribution in [0, 0.1) is 6.92 Å². The van der Waals surface area contributed by atoms with Gasteiger partial charge in [-0.1, -0.05) is 18.2 Å². The van der Waals surface area contributed by atoms with E-state index in [-0.39, 0.29) is 5.56 Å². The SMILES string of the molecule is COc1cccc(Cc2nsc(Oc3cc(C(=O)O)ccc3C)n2)c1. The number of carboxylic acid groups (broad SMARTS) is 1. The van der Waals surface area contributed by atoms with Crippen LogP contribution in [0.1, 0.15) is 27.3 Å². The lowest BCUT2D eigenvalue weighted by Crippen LogP contribution is -1.98. The Balaban J connectivity index is 1.75. The monoisotopic (exact) mass is 356 g/mol. The summed E-state index contributed by atoms with van der Waals surface area (Å²) >= 11 is 1.13. The molecular weight excluding hydrogens is 340 g/mol. The van der Waals surface area contributed by atoms with Crippen molar-refractivity contribution < 1.29 is 19.4 Å². The predicted octanol–water partition coefficient (Wildman–Crippen LogP) is 3.94. The number of hydrogen-bond donors (Lipinski definition) is 1. The van der Waals surface area contributed by atoms with Crippen LogP contribution in [0.25, 0.3) is 0 Å². The van der Waals surface area contributed by atoms with Gasteiger partial charge in [-0.3, -0.25) is 0 Å². The Bertz CT molecular complexity index is 908. The third-order valence-electron chi connectivity index (χ3n) is 3.58. The van der Waals surface area contributed by atoms with Crippen molar-refractivity contribution in [1.82, 2.24) is 9.36 Å². The number of hydrogen-bond acceptors (Lipinski definition) is 6. The first-order valence-electron chi connectivity index (χ1n) is 7.52. The molecule has 0 atom stereocenters. The molecule has 0 radical (unpaired) electrons. The van der Waals surface area contributed by atoms with Crippen LogP contribution in [-0.4, -0.2) is 27.5 Å². The van der Waals surface area contributed by atoms with Crippen LogP contribution >= 0.6 is 11.5 Å². The van der Waals surface area contributed by atoms with Crippen molar-refractivity contribution in [3.05, 3.63) is 65.0 Å². The van der Waals surface area contributed by atoms with E-state index in [2.05, 4.69) is 9.36 Å². The molecule has 0 spiro atoms. The van der Waals surface area contributed by atoms with Gasteiger partial charge >= 0.3 is 5.97 Å². The Morgan fingerprint density at radius 1 is 1.24 bits per heavy atom. The van der Waals surface area contributed by atoms with E-state index in [9.17, 15) is 4.79 Å². The van der Waals surface area contributed by atoms with Gasteiger partial charge < -0.3 is 14.6 Å². The summed E-state index contributed by atoms with van der Waals surface area (Å²) in [5.74, 6) is 0.885. The summed E-state index contributed by atoms with van der Waals surface area (Å²) in [7, 11) is 1.62. The third kappa shape index (κ3) is 4.13. The molecule has 0 amide bonds. The summed E-state index contributed by atoms with van der Waals surface area (Å²) in [6.45, 7) is 1.85. The number of carbonyl (C=O) groups is 1.